The second kappa shape index (κ2) is 7.74. The lowest BCUT2D eigenvalue weighted by Gasteiger charge is -2.34. The highest BCUT2D eigenvalue weighted by molar-refractivity contribution is 9.10. The first-order valence-electron chi connectivity index (χ1n) is 8.82. The number of carbonyl (C=O) groups excluding carboxylic acids is 1. The summed E-state index contributed by atoms with van der Waals surface area (Å²) in [5.74, 6) is 1.36. The monoisotopic (exact) mass is 429 g/mol. The van der Waals surface area contributed by atoms with Crippen LogP contribution in [-0.4, -0.2) is 44.2 Å². The Labute approximate surface area is 166 Å². The number of benzene rings is 2. The van der Waals surface area contributed by atoms with Gasteiger partial charge in [-0.15, -0.1) is 0 Å². The van der Waals surface area contributed by atoms with E-state index in [1.807, 2.05) is 53.4 Å². The second-order valence-electron chi connectivity index (χ2n) is 6.50. The summed E-state index contributed by atoms with van der Waals surface area (Å²) in [4.78, 5) is 14.9. The molecule has 140 valence electrons. The van der Waals surface area contributed by atoms with Gasteiger partial charge in [-0.3, -0.25) is 4.79 Å². The van der Waals surface area contributed by atoms with Gasteiger partial charge < -0.3 is 19.1 Å². The summed E-state index contributed by atoms with van der Waals surface area (Å²) in [6, 6.07) is 13.7. The van der Waals surface area contributed by atoms with E-state index in [0.29, 0.717) is 36.8 Å². The molecule has 0 aromatic heterocycles. The molecule has 2 aliphatic rings. The number of ether oxygens (including phenoxy) is 3. The van der Waals surface area contributed by atoms with Gasteiger partial charge in [0.15, 0.2) is 11.5 Å². The van der Waals surface area contributed by atoms with E-state index >= 15 is 0 Å². The number of rotatable bonds is 3. The van der Waals surface area contributed by atoms with Crippen molar-refractivity contribution >= 4 is 27.9 Å². The van der Waals surface area contributed by atoms with E-state index in [0.717, 1.165) is 15.6 Å². The summed E-state index contributed by atoms with van der Waals surface area (Å²) in [6.45, 7) is 1.87. The zero-order valence-corrected chi connectivity index (χ0v) is 16.6. The van der Waals surface area contributed by atoms with Gasteiger partial charge in [0.1, 0.15) is 12.7 Å². The number of amides is 1. The Morgan fingerprint density at radius 3 is 2.81 bits per heavy atom. The predicted octanol–water partition coefficient (Wildman–Crippen LogP) is 3.83. The fourth-order valence-electron chi connectivity index (χ4n) is 3.38. The minimum absolute atomic E-state index is 0.00567. The molecule has 0 radical (unpaired) electrons. The van der Waals surface area contributed by atoms with Crippen molar-refractivity contribution < 1.29 is 19.0 Å². The van der Waals surface area contributed by atoms with Crippen LogP contribution in [-0.2, 0) is 9.53 Å². The molecule has 0 bridgehead atoms. The molecule has 27 heavy (non-hydrogen) atoms. The van der Waals surface area contributed by atoms with Crippen molar-refractivity contribution in [3.05, 3.63) is 63.6 Å². The Morgan fingerprint density at radius 1 is 1.22 bits per heavy atom. The maximum Gasteiger partial charge on any atom is 0.253 e. The molecule has 5 nitrogen and oxygen atoms in total. The van der Waals surface area contributed by atoms with Crippen molar-refractivity contribution in [3.63, 3.8) is 0 Å². The van der Waals surface area contributed by atoms with Gasteiger partial charge in [0.2, 0.25) is 0 Å². The smallest absolute Gasteiger partial charge is 0.253 e. The molecule has 2 aromatic carbocycles. The minimum Gasteiger partial charge on any atom is -0.493 e. The molecule has 2 aromatic rings. The van der Waals surface area contributed by atoms with Crippen molar-refractivity contribution in [1.29, 1.82) is 0 Å². The molecular weight excluding hydrogens is 410 g/mol. The topological polar surface area (TPSA) is 48.0 Å². The Kier molecular flexibility index (Phi) is 5.18. The molecule has 1 fully saturated rings. The third-order valence-corrected chi connectivity index (χ3v) is 5.33. The van der Waals surface area contributed by atoms with Gasteiger partial charge in [0, 0.05) is 16.6 Å². The van der Waals surface area contributed by atoms with E-state index in [1.165, 1.54) is 0 Å². The lowest BCUT2D eigenvalue weighted by Crippen LogP contribution is -2.43. The normalized spacial score (nSPS) is 19.0. The molecular formula is C21H20BrNO4. The summed E-state index contributed by atoms with van der Waals surface area (Å²) in [6.07, 6.45) is 1.78. The summed E-state index contributed by atoms with van der Waals surface area (Å²) in [5.41, 5.74) is 2.58. The average Bonchev–Trinajstić information content (AvgIpc) is 2.73. The molecule has 1 amide bonds. The molecule has 2 heterocycles. The van der Waals surface area contributed by atoms with Gasteiger partial charge in [-0.25, -0.2) is 0 Å². The Hall–Kier alpha value is -2.31. The van der Waals surface area contributed by atoms with Crippen LogP contribution < -0.4 is 9.47 Å². The van der Waals surface area contributed by atoms with Crippen molar-refractivity contribution in [1.82, 2.24) is 4.90 Å². The third-order valence-electron chi connectivity index (χ3n) is 4.80. The largest absolute Gasteiger partial charge is 0.493 e. The molecule has 1 atom stereocenters. The van der Waals surface area contributed by atoms with Crippen LogP contribution in [0.25, 0.3) is 6.08 Å². The lowest BCUT2D eigenvalue weighted by atomic mass is 10.0. The van der Waals surface area contributed by atoms with E-state index in [1.54, 1.807) is 7.11 Å². The molecule has 2 aliphatic heterocycles. The zero-order valence-electron chi connectivity index (χ0n) is 15.0. The Bertz CT molecular complexity index is 878. The number of fused-ring (bicyclic) bond motifs is 1. The van der Waals surface area contributed by atoms with E-state index in [-0.39, 0.29) is 18.6 Å². The Morgan fingerprint density at radius 2 is 2.04 bits per heavy atom. The van der Waals surface area contributed by atoms with Gasteiger partial charge in [-0.1, -0.05) is 40.2 Å². The molecule has 0 spiro atoms. The maximum atomic E-state index is 13.0. The highest BCUT2D eigenvalue weighted by Crippen LogP contribution is 2.36. The molecule has 0 aliphatic carbocycles. The lowest BCUT2D eigenvalue weighted by molar-refractivity contribution is -0.135. The zero-order chi connectivity index (χ0) is 18.8. The van der Waals surface area contributed by atoms with Crippen LogP contribution in [0.15, 0.2) is 52.5 Å². The number of para-hydroxylation sites is 1. The number of nitrogens with zero attached hydrogens (tertiary/aromatic N) is 1. The summed E-state index contributed by atoms with van der Waals surface area (Å²) < 4.78 is 18.0. The van der Waals surface area contributed by atoms with E-state index < -0.39 is 0 Å². The molecule has 6 heteroatoms. The number of hydrogen-bond donors (Lipinski definition) is 0. The minimum atomic E-state index is -0.117. The second-order valence-corrected chi connectivity index (χ2v) is 7.41. The molecule has 4 rings (SSSR count). The van der Waals surface area contributed by atoms with E-state index in [4.69, 9.17) is 14.2 Å². The number of hydrogen-bond acceptors (Lipinski definition) is 4. The van der Waals surface area contributed by atoms with Crippen LogP contribution in [0.1, 0.15) is 17.2 Å². The highest BCUT2D eigenvalue weighted by atomic mass is 79.9. The number of methoxy groups -OCH3 is 1. The van der Waals surface area contributed by atoms with Gasteiger partial charge >= 0.3 is 0 Å². The van der Waals surface area contributed by atoms with Gasteiger partial charge in [-0.2, -0.15) is 0 Å². The van der Waals surface area contributed by atoms with Crippen LogP contribution in [0.3, 0.4) is 0 Å². The summed E-state index contributed by atoms with van der Waals surface area (Å²) >= 11 is 3.44. The fourth-order valence-corrected chi connectivity index (χ4v) is 3.64. The first-order valence-corrected chi connectivity index (χ1v) is 9.61. The van der Waals surface area contributed by atoms with Crippen LogP contribution in [0, 0.1) is 0 Å². The predicted molar refractivity (Wildman–Crippen MR) is 106 cm³/mol. The first-order chi connectivity index (χ1) is 13.2. The van der Waals surface area contributed by atoms with Crippen molar-refractivity contribution in [2.45, 2.75) is 6.10 Å². The first kappa shape index (κ1) is 18.1. The fraction of sp³-hybridized carbons (Fsp3) is 0.286. The van der Waals surface area contributed by atoms with Crippen molar-refractivity contribution in [3.8, 4) is 11.5 Å². The van der Waals surface area contributed by atoms with Gasteiger partial charge in [0.05, 0.1) is 25.8 Å². The standard InChI is InChI=1S/C21H20BrNO4/c1-25-18-4-2-3-15-11-16(13-27-20(15)18)21(24)23-9-10-26-19(12-23)14-5-7-17(22)8-6-14/h2-8,11,19H,9-10,12-13H2,1H3. The molecule has 1 saturated heterocycles. The molecule has 0 saturated carbocycles. The number of morpholine rings is 1. The van der Waals surface area contributed by atoms with Crippen molar-refractivity contribution in [2.24, 2.45) is 0 Å². The maximum absolute atomic E-state index is 13.0. The SMILES string of the molecule is COc1cccc2c1OCC(C(=O)N1CCOC(c3ccc(Br)cc3)C1)=C2. The van der Waals surface area contributed by atoms with E-state index in [9.17, 15) is 4.79 Å². The average molecular weight is 430 g/mol. The number of carbonyl (C=O) groups is 1. The van der Waals surface area contributed by atoms with Gasteiger partial charge in [0.25, 0.3) is 5.91 Å². The summed E-state index contributed by atoms with van der Waals surface area (Å²) in [5, 5.41) is 0. The molecule has 1 unspecified atom stereocenters. The summed E-state index contributed by atoms with van der Waals surface area (Å²) in [7, 11) is 1.61. The molecule has 0 N–H and O–H groups in total. The van der Waals surface area contributed by atoms with Crippen LogP contribution >= 0.6 is 15.9 Å². The van der Waals surface area contributed by atoms with Crippen LogP contribution in [0.2, 0.25) is 0 Å². The van der Waals surface area contributed by atoms with Crippen LogP contribution in [0.5, 0.6) is 11.5 Å². The Balaban J connectivity index is 1.52. The quantitative estimate of drug-likeness (QED) is 0.743. The van der Waals surface area contributed by atoms with Gasteiger partial charge in [-0.05, 0) is 29.8 Å². The van der Waals surface area contributed by atoms with E-state index in [2.05, 4.69) is 15.9 Å². The highest BCUT2D eigenvalue weighted by Gasteiger charge is 2.29. The van der Waals surface area contributed by atoms with Crippen molar-refractivity contribution in [2.75, 3.05) is 33.4 Å². The number of halogens is 1. The third kappa shape index (κ3) is 3.73. The van der Waals surface area contributed by atoms with Crippen LogP contribution in [0.4, 0.5) is 0 Å².